The molecule has 0 amide bonds. The van der Waals surface area contributed by atoms with E-state index in [-0.39, 0.29) is 5.65 Å². The Morgan fingerprint density at radius 3 is 2.04 bits per heavy atom. The Morgan fingerprint density at radius 2 is 1.48 bits per heavy atom. The summed E-state index contributed by atoms with van der Waals surface area (Å²) in [6, 6.07) is 11.3. The normalized spacial score (nSPS) is 12.8. The molecule has 1 aromatic carbocycles. The molecule has 0 atom stereocenters. The fourth-order valence-corrected chi connectivity index (χ4v) is 3.58. The van der Waals surface area contributed by atoms with E-state index in [4.69, 9.17) is 0 Å². The van der Waals surface area contributed by atoms with Crippen molar-refractivity contribution in [3.8, 4) is 11.1 Å². The first kappa shape index (κ1) is 15.7. The molecule has 3 aromatic rings. The number of benzene rings is 1. The van der Waals surface area contributed by atoms with Gasteiger partial charge in [0.25, 0.3) is 0 Å². The van der Waals surface area contributed by atoms with Gasteiger partial charge in [-0.1, -0.05) is 49.1 Å². The SMILES string of the molecule is C[Si](C)(C)c1ccc(-c2ccc3nnc(C(F)(F)F)n3c2)cc1. The largest absolute Gasteiger partial charge is 0.452 e. The smallest absolute Gasteiger partial charge is 0.278 e. The molecule has 23 heavy (non-hydrogen) atoms. The highest BCUT2D eigenvalue weighted by molar-refractivity contribution is 6.88. The van der Waals surface area contributed by atoms with Gasteiger partial charge in [0.1, 0.15) is 0 Å². The van der Waals surface area contributed by atoms with Crippen LogP contribution in [0.3, 0.4) is 0 Å². The van der Waals surface area contributed by atoms with Crippen LogP contribution in [-0.4, -0.2) is 22.7 Å². The second kappa shape index (κ2) is 5.19. The van der Waals surface area contributed by atoms with Gasteiger partial charge in [-0.15, -0.1) is 10.2 Å². The summed E-state index contributed by atoms with van der Waals surface area (Å²) in [7, 11) is -1.40. The molecule has 2 heterocycles. The van der Waals surface area contributed by atoms with Gasteiger partial charge in [-0.25, -0.2) is 0 Å². The van der Waals surface area contributed by atoms with Crippen molar-refractivity contribution in [2.45, 2.75) is 25.8 Å². The van der Waals surface area contributed by atoms with Crippen LogP contribution < -0.4 is 5.19 Å². The van der Waals surface area contributed by atoms with Gasteiger partial charge in [0.2, 0.25) is 5.82 Å². The van der Waals surface area contributed by atoms with Crippen molar-refractivity contribution in [1.82, 2.24) is 14.6 Å². The molecule has 120 valence electrons. The van der Waals surface area contributed by atoms with Crippen LogP contribution in [0.2, 0.25) is 19.6 Å². The zero-order valence-corrected chi connectivity index (χ0v) is 14.0. The molecular weight excluding hydrogens is 319 g/mol. The Labute approximate surface area is 132 Å². The molecule has 0 saturated heterocycles. The number of halogens is 3. The number of aromatic nitrogens is 3. The first-order chi connectivity index (χ1) is 10.7. The summed E-state index contributed by atoms with van der Waals surface area (Å²) in [6.07, 6.45) is -3.10. The quantitative estimate of drug-likeness (QED) is 0.664. The van der Waals surface area contributed by atoms with Crippen molar-refractivity contribution < 1.29 is 13.2 Å². The molecule has 0 aliphatic heterocycles. The van der Waals surface area contributed by atoms with E-state index in [9.17, 15) is 13.2 Å². The number of rotatable bonds is 2. The molecule has 0 radical (unpaired) electrons. The van der Waals surface area contributed by atoms with E-state index < -0.39 is 20.1 Å². The second-order valence-electron chi connectivity index (χ2n) is 6.49. The maximum absolute atomic E-state index is 13.0. The lowest BCUT2D eigenvalue weighted by molar-refractivity contribution is -0.145. The number of hydrogen-bond donors (Lipinski definition) is 0. The Hall–Kier alpha value is -2.15. The molecule has 0 N–H and O–H groups in total. The lowest BCUT2D eigenvalue weighted by Gasteiger charge is -2.16. The van der Waals surface area contributed by atoms with Crippen LogP contribution in [0.1, 0.15) is 5.82 Å². The van der Waals surface area contributed by atoms with Crippen molar-refractivity contribution >= 4 is 18.9 Å². The van der Waals surface area contributed by atoms with Crippen LogP contribution in [0.4, 0.5) is 13.2 Å². The summed E-state index contributed by atoms with van der Waals surface area (Å²) < 4.78 is 39.8. The van der Waals surface area contributed by atoms with Crippen LogP contribution in [0.5, 0.6) is 0 Å². The third-order valence-corrected chi connectivity index (χ3v) is 5.81. The fraction of sp³-hybridized carbons (Fsp3) is 0.250. The van der Waals surface area contributed by atoms with Crippen LogP contribution in [0.25, 0.3) is 16.8 Å². The van der Waals surface area contributed by atoms with Crippen LogP contribution in [0, 0.1) is 0 Å². The monoisotopic (exact) mass is 335 g/mol. The van der Waals surface area contributed by atoms with Gasteiger partial charge >= 0.3 is 6.18 Å². The van der Waals surface area contributed by atoms with Gasteiger partial charge in [-0.2, -0.15) is 13.2 Å². The summed E-state index contributed by atoms with van der Waals surface area (Å²) in [5, 5.41) is 8.11. The Kier molecular flexibility index (Phi) is 3.55. The zero-order valence-electron chi connectivity index (χ0n) is 13.0. The van der Waals surface area contributed by atoms with E-state index in [0.29, 0.717) is 5.56 Å². The second-order valence-corrected chi connectivity index (χ2v) is 11.6. The highest BCUT2D eigenvalue weighted by Crippen LogP contribution is 2.29. The number of pyridine rings is 1. The summed E-state index contributed by atoms with van der Waals surface area (Å²) in [6.45, 7) is 6.75. The van der Waals surface area contributed by atoms with E-state index in [1.807, 2.05) is 12.1 Å². The van der Waals surface area contributed by atoms with Crippen molar-refractivity contribution in [1.29, 1.82) is 0 Å². The van der Waals surface area contributed by atoms with Gasteiger partial charge in [0.15, 0.2) is 5.65 Å². The lowest BCUT2D eigenvalue weighted by Crippen LogP contribution is -2.37. The summed E-state index contributed by atoms with van der Waals surface area (Å²) >= 11 is 0. The molecule has 0 saturated carbocycles. The third kappa shape index (κ3) is 3.01. The maximum Gasteiger partial charge on any atom is 0.452 e. The van der Waals surface area contributed by atoms with Gasteiger partial charge in [-0.3, -0.25) is 4.40 Å². The van der Waals surface area contributed by atoms with Gasteiger partial charge in [0, 0.05) is 6.20 Å². The minimum Gasteiger partial charge on any atom is -0.278 e. The maximum atomic E-state index is 13.0. The average molecular weight is 335 g/mol. The van der Waals surface area contributed by atoms with Gasteiger partial charge < -0.3 is 0 Å². The predicted molar refractivity (Wildman–Crippen MR) is 86.4 cm³/mol. The van der Waals surface area contributed by atoms with Crippen LogP contribution in [0.15, 0.2) is 42.6 Å². The average Bonchev–Trinajstić information content (AvgIpc) is 2.89. The minimum absolute atomic E-state index is 0.180. The zero-order chi connectivity index (χ0) is 16.8. The molecule has 0 bridgehead atoms. The van der Waals surface area contributed by atoms with E-state index in [0.717, 1.165) is 9.96 Å². The Balaban J connectivity index is 2.07. The molecular formula is C16H16F3N3Si. The standard InChI is InChI=1S/C16H16F3N3Si/c1-23(2,3)13-7-4-11(5-8-13)12-6-9-14-20-21-15(16(17,18)19)22(14)10-12/h4-10H,1-3H3. The molecule has 0 unspecified atom stereocenters. The number of alkyl halides is 3. The molecule has 7 heteroatoms. The Morgan fingerprint density at radius 1 is 0.870 bits per heavy atom. The summed E-state index contributed by atoms with van der Waals surface area (Å²) in [5.41, 5.74) is 1.75. The van der Waals surface area contributed by atoms with E-state index in [2.05, 4.69) is 42.0 Å². The highest BCUT2D eigenvalue weighted by atomic mass is 28.3. The number of hydrogen-bond acceptors (Lipinski definition) is 2. The molecule has 0 fully saturated rings. The van der Waals surface area contributed by atoms with E-state index in [1.54, 1.807) is 12.1 Å². The molecule has 2 aromatic heterocycles. The molecule has 0 aliphatic rings. The number of nitrogens with zero attached hydrogens (tertiary/aromatic N) is 3. The number of fused-ring (bicyclic) bond motifs is 1. The van der Waals surface area contributed by atoms with E-state index in [1.165, 1.54) is 11.4 Å². The van der Waals surface area contributed by atoms with Crippen LogP contribution in [-0.2, 0) is 6.18 Å². The van der Waals surface area contributed by atoms with Crippen molar-refractivity contribution in [2.24, 2.45) is 0 Å². The topological polar surface area (TPSA) is 30.2 Å². The lowest BCUT2D eigenvalue weighted by atomic mass is 10.1. The molecule has 3 rings (SSSR count). The Bertz CT molecular complexity index is 846. The highest BCUT2D eigenvalue weighted by Gasteiger charge is 2.36. The summed E-state index contributed by atoms with van der Waals surface area (Å²) in [5.74, 6) is -1.01. The first-order valence-corrected chi connectivity index (χ1v) is 10.7. The minimum atomic E-state index is -4.53. The van der Waals surface area contributed by atoms with Crippen LogP contribution >= 0.6 is 0 Å². The van der Waals surface area contributed by atoms with Gasteiger partial charge in [0.05, 0.1) is 8.07 Å². The van der Waals surface area contributed by atoms with Crippen molar-refractivity contribution in [3.05, 3.63) is 48.4 Å². The van der Waals surface area contributed by atoms with Crippen molar-refractivity contribution in [3.63, 3.8) is 0 Å². The fourth-order valence-electron chi connectivity index (χ4n) is 2.42. The van der Waals surface area contributed by atoms with Crippen molar-refractivity contribution in [2.75, 3.05) is 0 Å². The molecule has 3 nitrogen and oxygen atoms in total. The summed E-state index contributed by atoms with van der Waals surface area (Å²) in [4.78, 5) is 0. The third-order valence-electron chi connectivity index (χ3n) is 3.74. The van der Waals surface area contributed by atoms with Gasteiger partial charge in [-0.05, 0) is 23.3 Å². The van der Waals surface area contributed by atoms with E-state index >= 15 is 0 Å². The first-order valence-electron chi connectivity index (χ1n) is 7.19. The predicted octanol–water partition coefficient (Wildman–Crippen LogP) is 3.96. The molecule has 0 aliphatic carbocycles. The molecule has 0 spiro atoms.